The summed E-state index contributed by atoms with van der Waals surface area (Å²) in [5.74, 6) is 0. The summed E-state index contributed by atoms with van der Waals surface area (Å²) in [5.41, 5.74) is 4.13. The van der Waals surface area contributed by atoms with Gasteiger partial charge in [-0.3, -0.25) is 0 Å². The fourth-order valence-corrected chi connectivity index (χ4v) is 1.03. The van der Waals surface area contributed by atoms with Gasteiger partial charge in [0, 0.05) is 5.54 Å². The van der Waals surface area contributed by atoms with Gasteiger partial charge in [0.2, 0.25) is 0 Å². The highest BCUT2D eigenvalue weighted by atomic mass is 35.5. The van der Waals surface area contributed by atoms with Crippen LogP contribution in [0.15, 0.2) is 41.4 Å². The summed E-state index contributed by atoms with van der Waals surface area (Å²) < 4.78 is 0. The lowest BCUT2D eigenvalue weighted by atomic mass is 10.1. The molecule has 0 spiro atoms. The molecule has 11 heavy (non-hydrogen) atoms. The Bertz CT molecular complexity index is 236. The van der Waals surface area contributed by atoms with Crippen LogP contribution >= 0.6 is 11.6 Å². The number of allylic oxidation sites excluding steroid dienone is 1. The maximum Gasteiger partial charge on any atom is 0.00350 e. The molecule has 0 saturated heterocycles. The number of hydrogen-bond acceptors (Lipinski definition) is 0. The maximum absolute atomic E-state index is 5.54. The molecule has 0 bridgehead atoms. The minimum Gasteiger partial charge on any atom is -0.0930 e. The fourth-order valence-electron chi connectivity index (χ4n) is 0.956. The third-order valence-electron chi connectivity index (χ3n) is 1.51. The molecule has 0 aliphatic rings. The molecule has 0 fully saturated rings. The second-order valence-corrected chi connectivity index (χ2v) is 2.84. The van der Waals surface area contributed by atoms with Crippen molar-refractivity contribution in [3.8, 4) is 0 Å². The first-order chi connectivity index (χ1) is 5.33. The van der Waals surface area contributed by atoms with Gasteiger partial charge in [0.1, 0.15) is 0 Å². The first-order valence-corrected chi connectivity index (χ1v) is 4.06. The van der Waals surface area contributed by atoms with Crippen molar-refractivity contribution in [1.82, 2.24) is 0 Å². The number of rotatable bonds is 2. The van der Waals surface area contributed by atoms with Crippen molar-refractivity contribution in [2.75, 3.05) is 0 Å². The molecule has 0 saturated carbocycles. The Morgan fingerprint density at radius 2 is 2.00 bits per heavy atom. The molecule has 0 nitrogen and oxygen atoms in total. The average Bonchev–Trinajstić information content (AvgIpc) is 2.06. The van der Waals surface area contributed by atoms with E-state index in [4.69, 9.17) is 11.6 Å². The summed E-state index contributed by atoms with van der Waals surface area (Å²) in [6.45, 7) is 2.03. The smallest absolute Gasteiger partial charge is 0.00350 e. The summed E-state index contributed by atoms with van der Waals surface area (Å²) in [7, 11) is 0. The zero-order valence-electron chi connectivity index (χ0n) is 6.55. The molecule has 1 aromatic rings. The summed E-state index contributed by atoms with van der Waals surface area (Å²) in [6, 6.07) is 10.3. The molecular formula is C10H11Cl. The van der Waals surface area contributed by atoms with Gasteiger partial charge in [-0.15, -0.1) is 0 Å². The normalized spacial score (nSPS) is 11.6. The van der Waals surface area contributed by atoms with Gasteiger partial charge in [0.05, 0.1) is 0 Å². The molecule has 58 valence electrons. The SMILES string of the molecule is CC(=CCl)Cc1ccccc1. The largest absolute Gasteiger partial charge is 0.0930 e. The van der Waals surface area contributed by atoms with Crippen LogP contribution in [0.5, 0.6) is 0 Å². The van der Waals surface area contributed by atoms with Crippen molar-refractivity contribution in [3.05, 3.63) is 47.0 Å². The summed E-state index contributed by atoms with van der Waals surface area (Å²) in [6.07, 6.45) is 0.949. The highest BCUT2D eigenvalue weighted by molar-refractivity contribution is 6.25. The Morgan fingerprint density at radius 1 is 1.36 bits per heavy atom. The van der Waals surface area contributed by atoms with Crippen molar-refractivity contribution < 1.29 is 0 Å². The van der Waals surface area contributed by atoms with Gasteiger partial charge in [0.25, 0.3) is 0 Å². The van der Waals surface area contributed by atoms with Crippen LogP contribution in [0.25, 0.3) is 0 Å². The van der Waals surface area contributed by atoms with Crippen LogP contribution in [0.3, 0.4) is 0 Å². The fraction of sp³-hybridized carbons (Fsp3) is 0.200. The van der Waals surface area contributed by atoms with Crippen LogP contribution in [0, 0.1) is 0 Å². The van der Waals surface area contributed by atoms with Gasteiger partial charge < -0.3 is 0 Å². The lowest BCUT2D eigenvalue weighted by Crippen LogP contribution is -1.83. The van der Waals surface area contributed by atoms with Gasteiger partial charge in [-0.2, -0.15) is 0 Å². The van der Waals surface area contributed by atoms with E-state index in [1.165, 1.54) is 11.1 Å². The number of halogens is 1. The zero-order chi connectivity index (χ0) is 8.10. The van der Waals surface area contributed by atoms with Crippen LogP contribution in [0.1, 0.15) is 12.5 Å². The predicted molar refractivity (Wildman–Crippen MR) is 49.8 cm³/mol. The third-order valence-corrected chi connectivity index (χ3v) is 1.88. The Morgan fingerprint density at radius 3 is 2.55 bits per heavy atom. The molecule has 0 aliphatic heterocycles. The minimum atomic E-state index is 0.949. The van der Waals surface area contributed by atoms with E-state index >= 15 is 0 Å². The second-order valence-electron chi connectivity index (χ2n) is 2.62. The van der Waals surface area contributed by atoms with Gasteiger partial charge in [-0.25, -0.2) is 0 Å². The molecule has 0 N–H and O–H groups in total. The first-order valence-electron chi connectivity index (χ1n) is 3.62. The van der Waals surface area contributed by atoms with Crippen molar-refractivity contribution in [3.63, 3.8) is 0 Å². The number of benzene rings is 1. The Kier molecular flexibility index (Phi) is 3.18. The Hall–Kier alpha value is -0.750. The maximum atomic E-state index is 5.54. The van der Waals surface area contributed by atoms with Crippen molar-refractivity contribution >= 4 is 11.6 Å². The van der Waals surface area contributed by atoms with Crippen LogP contribution < -0.4 is 0 Å². The highest BCUT2D eigenvalue weighted by Crippen LogP contribution is 2.07. The van der Waals surface area contributed by atoms with E-state index in [-0.39, 0.29) is 0 Å². The quantitative estimate of drug-likeness (QED) is 0.632. The van der Waals surface area contributed by atoms with Crippen LogP contribution in [0.4, 0.5) is 0 Å². The predicted octanol–water partition coefficient (Wildman–Crippen LogP) is 3.37. The van der Waals surface area contributed by atoms with Crippen LogP contribution in [-0.4, -0.2) is 0 Å². The topological polar surface area (TPSA) is 0 Å². The van der Waals surface area contributed by atoms with E-state index in [9.17, 15) is 0 Å². The van der Waals surface area contributed by atoms with E-state index in [1.807, 2.05) is 25.1 Å². The van der Waals surface area contributed by atoms with E-state index in [2.05, 4.69) is 12.1 Å². The monoisotopic (exact) mass is 166 g/mol. The zero-order valence-corrected chi connectivity index (χ0v) is 7.31. The summed E-state index contributed by atoms with van der Waals surface area (Å²) >= 11 is 5.54. The summed E-state index contributed by atoms with van der Waals surface area (Å²) in [4.78, 5) is 0. The van der Waals surface area contributed by atoms with Gasteiger partial charge >= 0.3 is 0 Å². The van der Waals surface area contributed by atoms with E-state index in [0.29, 0.717) is 0 Å². The minimum absolute atomic E-state index is 0.949. The lowest BCUT2D eigenvalue weighted by Gasteiger charge is -1.98. The van der Waals surface area contributed by atoms with Crippen LogP contribution in [0.2, 0.25) is 0 Å². The molecule has 0 amide bonds. The number of hydrogen-bond donors (Lipinski definition) is 0. The molecular weight excluding hydrogens is 156 g/mol. The molecule has 0 atom stereocenters. The van der Waals surface area contributed by atoms with Gasteiger partial charge in [-0.1, -0.05) is 47.5 Å². The first kappa shape index (κ1) is 8.35. The molecule has 0 radical (unpaired) electrons. The third kappa shape index (κ3) is 2.77. The van der Waals surface area contributed by atoms with Crippen molar-refractivity contribution in [1.29, 1.82) is 0 Å². The molecule has 0 aliphatic carbocycles. The Labute approximate surface area is 72.5 Å². The van der Waals surface area contributed by atoms with Crippen molar-refractivity contribution in [2.45, 2.75) is 13.3 Å². The van der Waals surface area contributed by atoms with Gasteiger partial charge in [0.15, 0.2) is 0 Å². The van der Waals surface area contributed by atoms with E-state index in [0.717, 1.165) is 6.42 Å². The van der Waals surface area contributed by atoms with E-state index in [1.54, 1.807) is 5.54 Å². The molecule has 1 heteroatoms. The highest BCUT2D eigenvalue weighted by Gasteiger charge is 1.91. The second kappa shape index (κ2) is 4.20. The average molecular weight is 167 g/mol. The standard InChI is InChI=1S/C10H11Cl/c1-9(8-11)7-10-5-3-2-4-6-10/h2-6,8H,7H2,1H3. The Balaban J connectivity index is 2.65. The molecule has 1 aromatic carbocycles. The van der Waals surface area contributed by atoms with Gasteiger partial charge in [-0.05, 0) is 18.9 Å². The molecule has 0 heterocycles. The lowest BCUT2D eigenvalue weighted by molar-refractivity contribution is 1.15. The molecule has 0 aromatic heterocycles. The molecule has 0 unspecified atom stereocenters. The molecule has 1 rings (SSSR count). The van der Waals surface area contributed by atoms with Crippen LogP contribution in [-0.2, 0) is 6.42 Å². The van der Waals surface area contributed by atoms with E-state index < -0.39 is 0 Å². The summed E-state index contributed by atoms with van der Waals surface area (Å²) in [5, 5.41) is 0. The van der Waals surface area contributed by atoms with Crippen molar-refractivity contribution in [2.24, 2.45) is 0 Å².